The van der Waals surface area contributed by atoms with Gasteiger partial charge in [-0.15, -0.1) is 0 Å². The number of rotatable bonds is 10. The van der Waals surface area contributed by atoms with E-state index in [9.17, 15) is 9.59 Å². The Balaban J connectivity index is 1.70. The molecule has 6 nitrogen and oxygen atoms in total. The van der Waals surface area contributed by atoms with Gasteiger partial charge in [0.2, 0.25) is 5.91 Å². The van der Waals surface area contributed by atoms with Crippen LogP contribution >= 0.6 is 0 Å². The van der Waals surface area contributed by atoms with E-state index in [4.69, 9.17) is 9.84 Å². The fourth-order valence-corrected chi connectivity index (χ4v) is 2.66. The van der Waals surface area contributed by atoms with Crippen molar-refractivity contribution in [3.8, 4) is 5.75 Å². The predicted molar refractivity (Wildman–Crippen MR) is 95.9 cm³/mol. The van der Waals surface area contributed by atoms with E-state index in [1.807, 2.05) is 24.3 Å². The van der Waals surface area contributed by atoms with Crippen LogP contribution in [-0.2, 0) is 9.59 Å². The molecule has 0 bridgehead atoms. The molecule has 1 aliphatic rings. The van der Waals surface area contributed by atoms with Crippen LogP contribution in [0.15, 0.2) is 24.3 Å². The van der Waals surface area contributed by atoms with Gasteiger partial charge in [-0.25, -0.2) is 0 Å². The van der Waals surface area contributed by atoms with Gasteiger partial charge < -0.3 is 15.2 Å². The molecule has 0 heterocycles. The summed E-state index contributed by atoms with van der Waals surface area (Å²) in [7, 11) is 0. The number of nitrogens with one attached hydrogen (secondary N) is 1. The van der Waals surface area contributed by atoms with Crippen LogP contribution in [0.2, 0.25) is 0 Å². The van der Waals surface area contributed by atoms with Crippen LogP contribution in [0.5, 0.6) is 5.75 Å². The molecule has 0 aliphatic heterocycles. The van der Waals surface area contributed by atoms with E-state index in [1.165, 1.54) is 5.56 Å². The van der Waals surface area contributed by atoms with Crippen molar-refractivity contribution in [1.82, 2.24) is 10.2 Å². The summed E-state index contributed by atoms with van der Waals surface area (Å²) in [4.78, 5) is 24.9. The molecule has 0 saturated heterocycles. The highest BCUT2D eigenvalue weighted by molar-refractivity contribution is 5.80. The van der Waals surface area contributed by atoms with Crippen molar-refractivity contribution in [3.05, 3.63) is 29.8 Å². The molecule has 1 amide bonds. The maximum Gasteiger partial charge on any atom is 0.320 e. The molecule has 1 aromatic carbocycles. The zero-order valence-electron chi connectivity index (χ0n) is 15.2. The van der Waals surface area contributed by atoms with E-state index in [2.05, 4.69) is 19.2 Å². The number of hydrogen-bond acceptors (Lipinski definition) is 4. The van der Waals surface area contributed by atoms with Gasteiger partial charge in [0.05, 0.1) is 13.1 Å². The molecule has 1 saturated carbocycles. The number of carbonyl (C=O) groups excluding carboxylic acids is 1. The number of benzene rings is 1. The first-order chi connectivity index (χ1) is 11.9. The number of carbonyl (C=O) groups is 2. The van der Waals surface area contributed by atoms with Gasteiger partial charge in [-0.3, -0.25) is 14.5 Å². The third-order valence-corrected chi connectivity index (χ3v) is 4.44. The Labute approximate surface area is 149 Å². The largest absolute Gasteiger partial charge is 0.492 e. The number of carboxylic acid groups (broad SMARTS) is 1. The van der Waals surface area contributed by atoms with Crippen LogP contribution < -0.4 is 10.1 Å². The van der Waals surface area contributed by atoms with Gasteiger partial charge in [0, 0.05) is 6.04 Å². The highest BCUT2D eigenvalue weighted by Crippen LogP contribution is 2.28. The maximum atomic E-state index is 12.0. The fourth-order valence-electron chi connectivity index (χ4n) is 2.66. The zero-order valence-corrected chi connectivity index (χ0v) is 15.2. The Kier molecular flexibility index (Phi) is 6.82. The second-order valence-electron chi connectivity index (χ2n) is 6.84. The lowest BCUT2D eigenvalue weighted by Gasteiger charge is -2.25. The predicted octanol–water partition coefficient (Wildman–Crippen LogP) is 2.24. The third kappa shape index (κ3) is 6.05. The minimum absolute atomic E-state index is 0.112. The van der Waals surface area contributed by atoms with Crippen molar-refractivity contribution < 1.29 is 19.4 Å². The summed E-state index contributed by atoms with van der Waals surface area (Å²) in [6, 6.07) is 7.52. The van der Waals surface area contributed by atoms with Gasteiger partial charge in [-0.2, -0.15) is 0 Å². The van der Waals surface area contributed by atoms with Crippen LogP contribution in [0.4, 0.5) is 0 Å². The van der Waals surface area contributed by atoms with Crippen LogP contribution in [0.1, 0.15) is 45.1 Å². The lowest BCUT2D eigenvalue weighted by atomic mass is 10.0. The first kappa shape index (κ1) is 19.2. The normalized spacial score (nSPS) is 15.2. The van der Waals surface area contributed by atoms with Gasteiger partial charge in [0.1, 0.15) is 18.4 Å². The van der Waals surface area contributed by atoms with Gasteiger partial charge in [-0.05, 0) is 43.4 Å². The first-order valence-corrected chi connectivity index (χ1v) is 8.86. The van der Waals surface area contributed by atoms with Crippen LogP contribution in [0, 0.1) is 0 Å². The topological polar surface area (TPSA) is 78.9 Å². The number of carboxylic acids is 1. The Morgan fingerprint density at radius 3 is 2.40 bits per heavy atom. The molecule has 1 unspecified atom stereocenters. The average molecular weight is 348 g/mol. The summed E-state index contributed by atoms with van der Waals surface area (Å²) in [5.41, 5.74) is 1.26. The highest BCUT2D eigenvalue weighted by Gasteiger charge is 2.36. The second-order valence-corrected chi connectivity index (χ2v) is 6.84. The Bertz CT molecular complexity index is 582. The number of ether oxygens (including phenoxy) is 1. The smallest absolute Gasteiger partial charge is 0.320 e. The van der Waals surface area contributed by atoms with Crippen LogP contribution in [0.3, 0.4) is 0 Å². The van der Waals surface area contributed by atoms with E-state index in [0.29, 0.717) is 19.1 Å². The molecule has 0 aromatic heterocycles. The van der Waals surface area contributed by atoms with Crippen molar-refractivity contribution in [2.45, 2.75) is 51.6 Å². The number of amides is 1. The molecule has 1 aliphatic carbocycles. The van der Waals surface area contributed by atoms with E-state index in [1.54, 1.807) is 11.8 Å². The molecule has 138 valence electrons. The Morgan fingerprint density at radius 2 is 1.88 bits per heavy atom. The molecule has 2 N–H and O–H groups in total. The monoisotopic (exact) mass is 348 g/mol. The summed E-state index contributed by atoms with van der Waals surface area (Å²) in [6.45, 7) is 6.79. The fraction of sp³-hybridized carbons (Fsp3) is 0.579. The molecule has 0 spiro atoms. The third-order valence-electron chi connectivity index (χ3n) is 4.44. The van der Waals surface area contributed by atoms with Crippen molar-refractivity contribution >= 4 is 11.9 Å². The summed E-state index contributed by atoms with van der Waals surface area (Å²) in [6.07, 6.45) is 1.92. The van der Waals surface area contributed by atoms with Crippen molar-refractivity contribution in [1.29, 1.82) is 0 Å². The van der Waals surface area contributed by atoms with E-state index < -0.39 is 12.0 Å². The first-order valence-electron chi connectivity index (χ1n) is 8.86. The number of aliphatic carboxylic acids is 1. The molecule has 1 aromatic rings. The van der Waals surface area contributed by atoms with Crippen LogP contribution in [-0.4, -0.2) is 53.7 Å². The van der Waals surface area contributed by atoms with Crippen molar-refractivity contribution in [2.24, 2.45) is 0 Å². The van der Waals surface area contributed by atoms with Crippen LogP contribution in [0.25, 0.3) is 0 Å². The summed E-state index contributed by atoms with van der Waals surface area (Å²) < 4.78 is 5.62. The Hall–Kier alpha value is -2.08. The zero-order chi connectivity index (χ0) is 18.4. The molecule has 1 atom stereocenters. The van der Waals surface area contributed by atoms with Gasteiger partial charge in [0.25, 0.3) is 0 Å². The molecule has 25 heavy (non-hydrogen) atoms. The Morgan fingerprint density at radius 1 is 1.24 bits per heavy atom. The van der Waals surface area contributed by atoms with E-state index in [-0.39, 0.29) is 18.5 Å². The molecular formula is C19H28N2O4. The molecule has 2 rings (SSSR count). The minimum Gasteiger partial charge on any atom is -0.492 e. The molecule has 1 fully saturated rings. The van der Waals surface area contributed by atoms with Gasteiger partial charge in [-0.1, -0.05) is 26.0 Å². The number of hydrogen-bond donors (Lipinski definition) is 2. The highest BCUT2D eigenvalue weighted by atomic mass is 16.5. The summed E-state index contributed by atoms with van der Waals surface area (Å²) in [5.74, 6) is 0.195. The van der Waals surface area contributed by atoms with Gasteiger partial charge >= 0.3 is 5.97 Å². The lowest BCUT2D eigenvalue weighted by Crippen LogP contribution is -2.46. The van der Waals surface area contributed by atoms with E-state index >= 15 is 0 Å². The quantitative estimate of drug-likeness (QED) is 0.634. The van der Waals surface area contributed by atoms with Gasteiger partial charge in [0.15, 0.2) is 0 Å². The molecule has 6 heteroatoms. The average Bonchev–Trinajstić information content (AvgIpc) is 3.41. The summed E-state index contributed by atoms with van der Waals surface area (Å²) in [5, 5.41) is 11.9. The minimum atomic E-state index is -0.895. The maximum absolute atomic E-state index is 12.0. The van der Waals surface area contributed by atoms with E-state index in [0.717, 1.165) is 18.6 Å². The van der Waals surface area contributed by atoms with Crippen molar-refractivity contribution in [2.75, 3.05) is 19.7 Å². The van der Waals surface area contributed by atoms with Crippen molar-refractivity contribution in [3.63, 3.8) is 0 Å². The molecule has 0 radical (unpaired) electrons. The lowest BCUT2D eigenvalue weighted by molar-refractivity contribution is -0.143. The standard InChI is InChI=1S/C19H28N2O4/c1-13(2)15-4-8-17(9-5-15)25-11-10-20-18(22)12-21(16-6-7-16)14(3)19(23)24/h4-5,8-9,13-14,16H,6-7,10-12H2,1-3H3,(H,20,22)(H,23,24). The number of nitrogens with zero attached hydrogens (tertiary/aromatic N) is 1. The summed E-state index contributed by atoms with van der Waals surface area (Å²) >= 11 is 0. The SMILES string of the molecule is CC(C)c1ccc(OCCNC(=O)CN(C2CC2)C(C)C(=O)O)cc1. The second kappa shape index (κ2) is 8.85. The molecular weight excluding hydrogens is 320 g/mol.